The first-order chi connectivity index (χ1) is 7.04. The van der Waals surface area contributed by atoms with E-state index in [1.165, 1.54) is 13.2 Å². The summed E-state index contributed by atoms with van der Waals surface area (Å²) in [6, 6.07) is 0.636. The van der Waals surface area contributed by atoms with E-state index in [0.29, 0.717) is 5.56 Å². The summed E-state index contributed by atoms with van der Waals surface area (Å²) in [5.41, 5.74) is 6.18. The number of nitrogens with zero attached hydrogens (tertiary/aromatic N) is 1. The molecule has 82 valence electrons. The molecule has 0 amide bonds. The maximum Gasteiger partial charge on any atom is 0.324 e. The van der Waals surface area contributed by atoms with E-state index in [4.69, 9.17) is 5.73 Å². The van der Waals surface area contributed by atoms with Crippen molar-refractivity contribution in [3.05, 3.63) is 27.1 Å². The molecule has 0 saturated carbocycles. The Balaban J connectivity index is 2.65. The van der Waals surface area contributed by atoms with Crippen molar-refractivity contribution in [2.24, 2.45) is 5.73 Å². The average molecular weight is 230 g/mol. The number of methoxy groups -OCH3 is 1. The molecule has 1 heterocycles. The summed E-state index contributed by atoms with van der Waals surface area (Å²) >= 11 is 1.01. The molecule has 1 rings (SSSR count). The van der Waals surface area contributed by atoms with Crippen LogP contribution in [0.1, 0.15) is 5.56 Å². The van der Waals surface area contributed by atoms with E-state index >= 15 is 0 Å². The van der Waals surface area contributed by atoms with Gasteiger partial charge in [0.05, 0.1) is 12.0 Å². The monoisotopic (exact) mass is 230 g/mol. The second kappa shape index (κ2) is 4.85. The third kappa shape index (κ3) is 3.00. The van der Waals surface area contributed by atoms with E-state index < -0.39 is 16.9 Å². The Hall–Kier alpha value is -1.47. The molecular weight excluding hydrogens is 220 g/mol. The SMILES string of the molecule is COC(=O)C(N)Cc1csc([N+](=O)[O-])c1. The summed E-state index contributed by atoms with van der Waals surface area (Å²) in [4.78, 5) is 20.9. The van der Waals surface area contributed by atoms with E-state index in [1.54, 1.807) is 5.38 Å². The quantitative estimate of drug-likeness (QED) is 0.466. The van der Waals surface area contributed by atoms with Gasteiger partial charge in [0.1, 0.15) is 6.04 Å². The Morgan fingerprint density at radius 1 is 1.80 bits per heavy atom. The first-order valence-electron chi connectivity index (χ1n) is 4.09. The molecule has 0 bridgehead atoms. The van der Waals surface area contributed by atoms with Crippen molar-refractivity contribution < 1.29 is 14.5 Å². The fraction of sp³-hybridized carbons (Fsp3) is 0.375. The first kappa shape index (κ1) is 11.6. The lowest BCUT2D eigenvalue weighted by molar-refractivity contribution is -0.380. The van der Waals surface area contributed by atoms with Gasteiger partial charge in [-0.2, -0.15) is 0 Å². The third-order valence-corrected chi connectivity index (χ3v) is 2.71. The zero-order chi connectivity index (χ0) is 11.4. The number of carbonyl (C=O) groups excluding carboxylic acids is 1. The van der Waals surface area contributed by atoms with Gasteiger partial charge in [0, 0.05) is 11.4 Å². The minimum atomic E-state index is -0.774. The van der Waals surface area contributed by atoms with Gasteiger partial charge in [-0.05, 0) is 12.0 Å². The molecule has 1 aromatic heterocycles. The lowest BCUT2D eigenvalue weighted by atomic mass is 10.1. The highest BCUT2D eigenvalue weighted by molar-refractivity contribution is 7.13. The molecule has 2 N–H and O–H groups in total. The van der Waals surface area contributed by atoms with E-state index in [0.717, 1.165) is 11.3 Å². The first-order valence-corrected chi connectivity index (χ1v) is 4.97. The van der Waals surface area contributed by atoms with Crippen molar-refractivity contribution in [1.29, 1.82) is 0 Å². The summed E-state index contributed by atoms with van der Waals surface area (Å²) in [7, 11) is 1.25. The molecule has 0 saturated heterocycles. The maximum atomic E-state index is 11.0. The van der Waals surface area contributed by atoms with Crippen LogP contribution in [0.3, 0.4) is 0 Å². The molecule has 0 radical (unpaired) electrons. The standard InChI is InChI=1S/C8H10N2O4S/c1-14-8(11)6(9)2-5-3-7(10(12)13)15-4-5/h3-4,6H,2,9H2,1H3. The smallest absolute Gasteiger partial charge is 0.324 e. The molecule has 6 nitrogen and oxygen atoms in total. The van der Waals surface area contributed by atoms with Gasteiger partial charge in [-0.3, -0.25) is 14.9 Å². The van der Waals surface area contributed by atoms with Crippen LogP contribution in [0.2, 0.25) is 0 Å². The second-order valence-electron chi connectivity index (χ2n) is 2.88. The van der Waals surface area contributed by atoms with Gasteiger partial charge in [-0.1, -0.05) is 11.3 Å². The van der Waals surface area contributed by atoms with E-state index in [1.807, 2.05) is 0 Å². The lowest BCUT2D eigenvalue weighted by Gasteiger charge is -2.06. The summed E-state index contributed by atoms with van der Waals surface area (Å²) in [5.74, 6) is -0.524. The molecule has 0 aliphatic carbocycles. The fourth-order valence-electron chi connectivity index (χ4n) is 1.05. The number of rotatable bonds is 4. The predicted octanol–water partition coefficient (Wildman–Crippen LogP) is 0.699. The van der Waals surface area contributed by atoms with Crippen molar-refractivity contribution >= 4 is 22.3 Å². The largest absolute Gasteiger partial charge is 0.468 e. The minimum absolute atomic E-state index is 0.0436. The van der Waals surface area contributed by atoms with Gasteiger partial charge in [-0.15, -0.1) is 0 Å². The fourth-order valence-corrected chi connectivity index (χ4v) is 1.80. The van der Waals surface area contributed by atoms with Crippen LogP contribution >= 0.6 is 11.3 Å². The van der Waals surface area contributed by atoms with Crippen molar-refractivity contribution in [2.45, 2.75) is 12.5 Å². The molecule has 1 unspecified atom stereocenters. The van der Waals surface area contributed by atoms with Crippen molar-refractivity contribution in [1.82, 2.24) is 0 Å². The van der Waals surface area contributed by atoms with Gasteiger partial charge < -0.3 is 10.5 Å². The number of carbonyl (C=O) groups is 1. The Bertz CT molecular complexity index is 376. The molecule has 0 aromatic carbocycles. The number of thiophene rings is 1. The van der Waals surface area contributed by atoms with E-state index in [2.05, 4.69) is 4.74 Å². The molecular formula is C8H10N2O4S. The van der Waals surface area contributed by atoms with Gasteiger partial charge in [-0.25, -0.2) is 0 Å². The van der Waals surface area contributed by atoms with Gasteiger partial charge in [0.25, 0.3) is 0 Å². The lowest BCUT2D eigenvalue weighted by Crippen LogP contribution is -2.33. The van der Waals surface area contributed by atoms with E-state index in [-0.39, 0.29) is 11.4 Å². The number of hydrogen-bond acceptors (Lipinski definition) is 6. The summed E-state index contributed by atoms with van der Waals surface area (Å²) in [5, 5.41) is 12.0. The minimum Gasteiger partial charge on any atom is -0.468 e. The number of ether oxygens (including phenoxy) is 1. The molecule has 7 heteroatoms. The molecule has 1 atom stereocenters. The normalized spacial score (nSPS) is 12.1. The van der Waals surface area contributed by atoms with Crippen LogP contribution < -0.4 is 5.73 Å². The summed E-state index contributed by atoms with van der Waals surface area (Å²) in [6.07, 6.45) is 0.247. The molecule has 0 aliphatic heterocycles. The predicted molar refractivity (Wildman–Crippen MR) is 54.7 cm³/mol. The van der Waals surface area contributed by atoms with Gasteiger partial charge >= 0.3 is 11.0 Å². The summed E-state index contributed by atoms with van der Waals surface area (Å²) in [6.45, 7) is 0. The average Bonchev–Trinajstić information content (AvgIpc) is 2.65. The van der Waals surface area contributed by atoms with Gasteiger partial charge in [0.2, 0.25) is 0 Å². The van der Waals surface area contributed by atoms with Crippen molar-refractivity contribution in [3.63, 3.8) is 0 Å². The number of nitro groups is 1. The Morgan fingerprint density at radius 2 is 2.47 bits per heavy atom. The molecule has 0 fully saturated rings. The maximum absolute atomic E-state index is 11.0. The highest BCUT2D eigenvalue weighted by Crippen LogP contribution is 2.23. The zero-order valence-corrected chi connectivity index (χ0v) is 8.82. The van der Waals surface area contributed by atoms with Crippen LogP contribution in [-0.2, 0) is 16.0 Å². The van der Waals surface area contributed by atoms with Crippen LogP contribution in [0.25, 0.3) is 0 Å². The molecule has 15 heavy (non-hydrogen) atoms. The van der Waals surface area contributed by atoms with Crippen LogP contribution in [0, 0.1) is 10.1 Å². The third-order valence-electron chi connectivity index (χ3n) is 1.78. The van der Waals surface area contributed by atoms with Crippen molar-refractivity contribution in [2.75, 3.05) is 7.11 Å². The zero-order valence-electron chi connectivity index (χ0n) is 8.00. The number of esters is 1. The van der Waals surface area contributed by atoms with Gasteiger partial charge in [0.15, 0.2) is 0 Å². The van der Waals surface area contributed by atoms with E-state index in [9.17, 15) is 14.9 Å². The van der Waals surface area contributed by atoms with Crippen LogP contribution in [-0.4, -0.2) is 24.0 Å². The topological polar surface area (TPSA) is 95.5 Å². The summed E-state index contributed by atoms with van der Waals surface area (Å²) < 4.78 is 4.44. The van der Waals surface area contributed by atoms with Crippen LogP contribution in [0.5, 0.6) is 0 Å². The molecule has 1 aromatic rings. The number of hydrogen-bond donors (Lipinski definition) is 1. The van der Waals surface area contributed by atoms with Crippen LogP contribution in [0.15, 0.2) is 11.4 Å². The highest BCUT2D eigenvalue weighted by Gasteiger charge is 2.17. The Kier molecular flexibility index (Phi) is 3.75. The Labute approximate surface area is 89.8 Å². The van der Waals surface area contributed by atoms with Crippen molar-refractivity contribution in [3.8, 4) is 0 Å². The second-order valence-corrected chi connectivity index (χ2v) is 3.77. The molecule has 0 aliphatic rings. The highest BCUT2D eigenvalue weighted by atomic mass is 32.1. The number of nitrogens with two attached hydrogens (primary N) is 1. The van der Waals surface area contributed by atoms with Crippen LogP contribution in [0.4, 0.5) is 5.00 Å². The molecule has 0 spiro atoms. The Morgan fingerprint density at radius 3 is 2.93 bits per heavy atom.